The average molecular weight is 1200 g/mol. The first kappa shape index (κ1) is 78.8. The van der Waals surface area contributed by atoms with Crippen LogP contribution in [0.5, 0.6) is 0 Å². The second-order valence-electron chi connectivity index (χ2n) is 24.6. The Morgan fingerprint density at radius 3 is 1.24 bits per heavy atom. The molecule has 0 aliphatic carbocycles. The zero-order valence-corrected chi connectivity index (χ0v) is 53.8. The van der Waals surface area contributed by atoms with E-state index < -0.39 is 86.8 Å². The normalized spacial score (nSPS) is 23.9. The Balaban J connectivity index is 1.71. The minimum atomic E-state index is -1.79. The van der Waals surface area contributed by atoms with Gasteiger partial charge in [-0.3, -0.25) is 4.79 Å². The summed E-state index contributed by atoms with van der Waals surface area (Å²) in [6, 6.07) is -0.936. The van der Waals surface area contributed by atoms with Crippen molar-refractivity contribution in [3.05, 3.63) is 60.8 Å². The van der Waals surface area contributed by atoms with Crippen molar-refractivity contribution in [2.24, 2.45) is 0 Å². The quantitative estimate of drug-likeness (QED) is 0.0204. The summed E-state index contributed by atoms with van der Waals surface area (Å²) in [5.41, 5.74) is 0. The molecule has 0 bridgehead atoms. The monoisotopic (exact) mass is 1200 g/mol. The van der Waals surface area contributed by atoms with E-state index >= 15 is 0 Å². The maximum absolute atomic E-state index is 13.3. The largest absolute Gasteiger partial charge is 0.394 e. The summed E-state index contributed by atoms with van der Waals surface area (Å²) in [5, 5.41) is 87.4. The van der Waals surface area contributed by atoms with E-state index in [4.69, 9.17) is 18.9 Å². The van der Waals surface area contributed by atoms with E-state index in [0.29, 0.717) is 12.8 Å². The first-order valence-corrected chi connectivity index (χ1v) is 35.0. The van der Waals surface area contributed by atoms with Gasteiger partial charge < -0.3 is 65.1 Å². The lowest BCUT2D eigenvalue weighted by Gasteiger charge is -2.46. The molecule has 14 nitrogen and oxygen atoms in total. The van der Waals surface area contributed by atoms with Crippen LogP contribution in [0.4, 0.5) is 0 Å². The zero-order chi connectivity index (χ0) is 61.6. The molecule has 14 heteroatoms. The highest BCUT2D eigenvalue weighted by atomic mass is 16.7. The predicted molar refractivity (Wildman–Crippen MR) is 346 cm³/mol. The zero-order valence-electron chi connectivity index (χ0n) is 53.8. The SMILES string of the molecule is CCCCCCC/C=C\C/C=C\C/C=C\CCCCCCCCCCCCCCC(=O)NC(COC1OC(CO)C(OC2OC(CO)C(O)C(O)C2O)C(O)C1O)C(O)/C=C/CC/C=C/CCCCCCCCCCCCCCCCCCCC. The lowest BCUT2D eigenvalue weighted by atomic mass is 9.97. The number of carbonyl (C=O) groups excluding carboxylic acids is 1. The van der Waals surface area contributed by atoms with Crippen molar-refractivity contribution in [3.63, 3.8) is 0 Å². The molecule has 1 amide bonds. The van der Waals surface area contributed by atoms with Gasteiger partial charge in [0.1, 0.15) is 48.8 Å². The predicted octanol–water partition coefficient (Wildman–Crippen LogP) is 14.1. The minimum Gasteiger partial charge on any atom is -0.394 e. The van der Waals surface area contributed by atoms with E-state index in [1.54, 1.807) is 6.08 Å². The minimum absolute atomic E-state index is 0.249. The molecule has 0 saturated carbocycles. The summed E-state index contributed by atoms with van der Waals surface area (Å²) in [7, 11) is 0. The summed E-state index contributed by atoms with van der Waals surface area (Å²) in [5.74, 6) is -0.249. The highest BCUT2D eigenvalue weighted by Crippen LogP contribution is 2.30. The van der Waals surface area contributed by atoms with Crippen molar-refractivity contribution in [1.82, 2.24) is 5.32 Å². The highest BCUT2D eigenvalue weighted by Gasteiger charge is 2.51. The first-order valence-electron chi connectivity index (χ1n) is 35.0. The molecule has 2 rings (SSSR count). The fourth-order valence-electron chi connectivity index (χ4n) is 11.3. The number of amides is 1. The fraction of sp³-hybridized carbons (Fsp3) is 0.845. The molecular formula is C71H129NO13. The molecular weight excluding hydrogens is 1070 g/mol. The molecule has 0 spiro atoms. The molecule has 0 aromatic carbocycles. The number of aliphatic hydroxyl groups excluding tert-OH is 8. The number of ether oxygens (including phenoxy) is 4. The van der Waals surface area contributed by atoms with Gasteiger partial charge in [-0.2, -0.15) is 0 Å². The maximum Gasteiger partial charge on any atom is 0.220 e. The molecule has 0 radical (unpaired) electrons. The molecule has 0 aromatic rings. The third-order valence-corrected chi connectivity index (χ3v) is 16.9. The van der Waals surface area contributed by atoms with Gasteiger partial charge in [-0.15, -0.1) is 0 Å². The van der Waals surface area contributed by atoms with E-state index in [0.717, 1.165) is 44.9 Å². The summed E-state index contributed by atoms with van der Waals surface area (Å²) in [6.07, 6.45) is 57.0. The van der Waals surface area contributed by atoms with E-state index in [1.807, 2.05) is 6.08 Å². The van der Waals surface area contributed by atoms with Crippen LogP contribution in [0.15, 0.2) is 60.8 Å². The number of nitrogens with one attached hydrogen (secondary N) is 1. The molecule has 2 fully saturated rings. The second kappa shape index (κ2) is 55.7. The summed E-state index contributed by atoms with van der Waals surface area (Å²) in [4.78, 5) is 13.3. The number of aliphatic hydroxyl groups is 8. The Hall–Kier alpha value is -2.31. The van der Waals surface area contributed by atoms with Crippen molar-refractivity contribution < 1.29 is 64.6 Å². The summed E-state index contributed by atoms with van der Waals surface area (Å²) in [6.45, 7) is 2.80. The number of carbonyl (C=O) groups is 1. The van der Waals surface area contributed by atoms with Crippen molar-refractivity contribution in [2.45, 2.75) is 364 Å². The van der Waals surface area contributed by atoms with Crippen LogP contribution in [0.2, 0.25) is 0 Å². The van der Waals surface area contributed by atoms with Crippen LogP contribution in [0.3, 0.4) is 0 Å². The molecule has 2 aliphatic heterocycles. The molecule has 9 N–H and O–H groups in total. The molecule has 0 aromatic heterocycles. The fourth-order valence-corrected chi connectivity index (χ4v) is 11.3. The summed E-state index contributed by atoms with van der Waals surface area (Å²) >= 11 is 0. The Labute approximate surface area is 517 Å². The number of hydrogen-bond acceptors (Lipinski definition) is 13. The van der Waals surface area contributed by atoms with Gasteiger partial charge in [0, 0.05) is 6.42 Å². The number of unbranched alkanes of at least 4 members (excludes halogenated alkanes) is 36. The molecule has 12 unspecified atom stereocenters. The number of rotatable bonds is 57. The van der Waals surface area contributed by atoms with Gasteiger partial charge in [0.15, 0.2) is 12.6 Å². The van der Waals surface area contributed by atoms with E-state index in [2.05, 4.69) is 67.8 Å². The van der Waals surface area contributed by atoms with Crippen LogP contribution in [-0.4, -0.2) is 140 Å². The van der Waals surface area contributed by atoms with E-state index in [-0.39, 0.29) is 18.9 Å². The maximum atomic E-state index is 13.3. The first-order chi connectivity index (χ1) is 41.6. The van der Waals surface area contributed by atoms with Gasteiger partial charge in [-0.25, -0.2) is 0 Å². The standard InChI is InChI=1S/C71H129NO13/c1-3-5-7-9-11-13-15-17-19-21-23-25-27-29-30-31-33-35-37-39-41-43-45-47-49-51-53-55-63(76)72-59(58-82-70-68(81)66(79)69(62(57-74)84-70)85-71-67(80)65(78)64(77)61(56-73)83-71)60(75)54-52-50-48-46-44-42-40-38-36-34-32-28-26-24-22-20-18-16-14-12-10-8-6-4-2/h15,17,21,23,27,29,44,46,52,54,59-62,64-71,73-75,77-81H,3-14,16,18-20,22,24-26,28,30-43,45,47-51,53,55-58H2,1-2H3,(H,72,76)/b17-15-,23-21-,29-27-,46-44+,54-52+. The second-order valence-corrected chi connectivity index (χ2v) is 24.6. The third kappa shape index (κ3) is 40.1. The van der Waals surface area contributed by atoms with Crippen molar-refractivity contribution in [3.8, 4) is 0 Å². The van der Waals surface area contributed by atoms with Gasteiger partial charge >= 0.3 is 0 Å². The van der Waals surface area contributed by atoms with Crippen LogP contribution < -0.4 is 5.32 Å². The Bertz CT molecular complexity index is 1660. The lowest BCUT2D eigenvalue weighted by Crippen LogP contribution is -2.65. The van der Waals surface area contributed by atoms with Crippen LogP contribution >= 0.6 is 0 Å². The molecule has 496 valence electrons. The van der Waals surface area contributed by atoms with Gasteiger partial charge in [-0.1, -0.05) is 274 Å². The molecule has 2 saturated heterocycles. The Kier molecular flexibility index (Phi) is 51.7. The highest BCUT2D eigenvalue weighted by molar-refractivity contribution is 5.76. The molecule has 12 atom stereocenters. The molecule has 2 aliphatic rings. The lowest BCUT2D eigenvalue weighted by molar-refractivity contribution is -0.359. The van der Waals surface area contributed by atoms with Gasteiger partial charge in [-0.05, 0) is 70.6 Å². The van der Waals surface area contributed by atoms with Gasteiger partial charge in [0.05, 0.1) is 32.0 Å². The Morgan fingerprint density at radius 1 is 0.424 bits per heavy atom. The molecule has 2 heterocycles. The van der Waals surface area contributed by atoms with E-state index in [1.165, 1.54) is 212 Å². The topological polar surface area (TPSA) is 228 Å². The third-order valence-electron chi connectivity index (χ3n) is 16.9. The van der Waals surface area contributed by atoms with Crippen LogP contribution in [0, 0.1) is 0 Å². The number of allylic oxidation sites excluding steroid dienone is 9. The van der Waals surface area contributed by atoms with Crippen molar-refractivity contribution in [2.75, 3.05) is 19.8 Å². The number of hydrogen-bond donors (Lipinski definition) is 9. The molecule has 85 heavy (non-hydrogen) atoms. The van der Waals surface area contributed by atoms with Crippen molar-refractivity contribution >= 4 is 5.91 Å². The average Bonchev–Trinajstić information content (AvgIpc) is 3.68. The van der Waals surface area contributed by atoms with Crippen LogP contribution in [0.25, 0.3) is 0 Å². The Morgan fingerprint density at radius 2 is 0.788 bits per heavy atom. The smallest absolute Gasteiger partial charge is 0.220 e. The van der Waals surface area contributed by atoms with Crippen LogP contribution in [0.1, 0.15) is 290 Å². The van der Waals surface area contributed by atoms with Gasteiger partial charge in [0.2, 0.25) is 5.91 Å². The summed E-state index contributed by atoms with van der Waals surface area (Å²) < 4.78 is 22.8. The van der Waals surface area contributed by atoms with E-state index in [9.17, 15) is 45.6 Å². The van der Waals surface area contributed by atoms with Gasteiger partial charge in [0.25, 0.3) is 0 Å². The van der Waals surface area contributed by atoms with Crippen molar-refractivity contribution in [1.29, 1.82) is 0 Å². The van der Waals surface area contributed by atoms with Crippen LogP contribution in [-0.2, 0) is 23.7 Å².